The van der Waals surface area contributed by atoms with E-state index in [-0.39, 0.29) is 5.56 Å². The lowest BCUT2D eigenvalue weighted by molar-refractivity contribution is 0.464. The molecule has 0 aromatic heterocycles. The third-order valence-corrected chi connectivity index (χ3v) is 3.44. The summed E-state index contributed by atoms with van der Waals surface area (Å²) in [6, 6.07) is 11.2. The Morgan fingerprint density at radius 3 is 2.42 bits per heavy atom. The first-order valence-corrected chi connectivity index (χ1v) is 6.55. The summed E-state index contributed by atoms with van der Waals surface area (Å²) in [6.07, 6.45) is 0.476. The number of nitrogens with two attached hydrogens (primary N) is 1. The van der Waals surface area contributed by atoms with E-state index in [1.54, 1.807) is 0 Å². The standard InChI is InChI=1S/C14H13BrF2N2/c15-10-6-4-9(5-7-10)8-13(19-18)11-2-1-3-12(16)14(11)17/h1-7,13,19H,8,18H2. The highest BCUT2D eigenvalue weighted by Crippen LogP contribution is 2.23. The summed E-state index contributed by atoms with van der Waals surface area (Å²) >= 11 is 3.34. The fourth-order valence-corrected chi connectivity index (χ4v) is 2.17. The molecule has 2 aromatic carbocycles. The highest BCUT2D eigenvalue weighted by atomic mass is 79.9. The molecule has 1 atom stereocenters. The second-order valence-electron chi connectivity index (χ2n) is 4.19. The lowest BCUT2D eigenvalue weighted by atomic mass is 9.99. The van der Waals surface area contributed by atoms with Gasteiger partial charge >= 0.3 is 0 Å². The molecule has 3 N–H and O–H groups in total. The molecule has 0 spiro atoms. The number of nitrogens with one attached hydrogen (secondary N) is 1. The van der Waals surface area contributed by atoms with Crippen LogP contribution in [-0.4, -0.2) is 0 Å². The molecule has 0 fully saturated rings. The van der Waals surface area contributed by atoms with E-state index in [0.717, 1.165) is 16.1 Å². The van der Waals surface area contributed by atoms with E-state index in [1.165, 1.54) is 12.1 Å². The van der Waals surface area contributed by atoms with Crippen molar-refractivity contribution < 1.29 is 8.78 Å². The third kappa shape index (κ3) is 3.37. The number of hydrogen-bond donors (Lipinski definition) is 2. The van der Waals surface area contributed by atoms with Crippen molar-refractivity contribution in [1.82, 2.24) is 5.43 Å². The Morgan fingerprint density at radius 1 is 1.11 bits per heavy atom. The van der Waals surface area contributed by atoms with E-state index >= 15 is 0 Å². The minimum Gasteiger partial charge on any atom is -0.271 e. The fourth-order valence-electron chi connectivity index (χ4n) is 1.90. The Morgan fingerprint density at radius 2 is 1.79 bits per heavy atom. The maximum absolute atomic E-state index is 13.7. The monoisotopic (exact) mass is 326 g/mol. The number of halogens is 3. The molecule has 0 saturated heterocycles. The summed E-state index contributed by atoms with van der Waals surface area (Å²) in [5.41, 5.74) is 3.74. The van der Waals surface area contributed by atoms with Crippen LogP contribution in [0.1, 0.15) is 17.2 Å². The molecule has 0 aliphatic rings. The van der Waals surface area contributed by atoms with Crippen LogP contribution in [0.2, 0.25) is 0 Å². The van der Waals surface area contributed by atoms with Crippen molar-refractivity contribution in [2.45, 2.75) is 12.5 Å². The smallest absolute Gasteiger partial charge is 0.163 e. The second kappa shape index (κ2) is 6.23. The molecule has 0 radical (unpaired) electrons. The van der Waals surface area contributed by atoms with Gasteiger partial charge < -0.3 is 0 Å². The molecule has 2 nitrogen and oxygen atoms in total. The van der Waals surface area contributed by atoms with Crippen molar-refractivity contribution >= 4 is 15.9 Å². The van der Waals surface area contributed by atoms with Crippen LogP contribution >= 0.6 is 15.9 Å². The van der Waals surface area contributed by atoms with Gasteiger partial charge in [-0.2, -0.15) is 0 Å². The van der Waals surface area contributed by atoms with Gasteiger partial charge in [0.2, 0.25) is 0 Å². The highest BCUT2D eigenvalue weighted by Gasteiger charge is 2.17. The van der Waals surface area contributed by atoms with Crippen LogP contribution in [0.5, 0.6) is 0 Å². The number of hydrogen-bond acceptors (Lipinski definition) is 2. The Kier molecular flexibility index (Phi) is 4.63. The summed E-state index contributed by atoms with van der Waals surface area (Å²) in [5, 5.41) is 0. The van der Waals surface area contributed by atoms with Gasteiger partial charge in [0.05, 0.1) is 6.04 Å². The summed E-state index contributed by atoms with van der Waals surface area (Å²) in [7, 11) is 0. The zero-order chi connectivity index (χ0) is 13.8. The minimum atomic E-state index is -0.867. The zero-order valence-electron chi connectivity index (χ0n) is 10.0. The third-order valence-electron chi connectivity index (χ3n) is 2.91. The van der Waals surface area contributed by atoms with Gasteiger partial charge in [0.1, 0.15) is 0 Å². The maximum atomic E-state index is 13.7. The van der Waals surface area contributed by atoms with Gasteiger partial charge in [-0.1, -0.05) is 40.2 Å². The topological polar surface area (TPSA) is 38.0 Å². The van der Waals surface area contributed by atoms with Gasteiger partial charge in [-0.15, -0.1) is 0 Å². The van der Waals surface area contributed by atoms with Crippen molar-refractivity contribution in [3.05, 3.63) is 69.7 Å². The van der Waals surface area contributed by atoms with Crippen molar-refractivity contribution in [1.29, 1.82) is 0 Å². The summed E-state index contributed by atoms with van der Waals surface area (Å²) < 4.78 is 27.9. The molecule has 19 heavy (non-hydrogen) atoms. The zero-order valence-corrected chi connectivity index (χ0v) is 11.6. The lowest BCUT2D eigenvalue weighted by Crippen LogP contribution is -2.30. The first kappa shape index (κ1) is 14.1. The predicted molar refractivity (Wildman–Crippen MR) is 74.3 cm³/mol. The summed E-state index contributed by atoms with van der Waals surface area (Å²) in [6.45, 7) is 0. The van der Waals surface area contributed by atoms with Crippen LogP contribution in [0.15, 0.2) is 46.9 Å². The Labute approximate surface area is 118 Å². The first-order valence-electron chi connectivity index (χ1n) is 5.76. The van der Waals surface area contributed by atoms with Gasteiger partial charge in [0.15, 0.2) is 11.6 Å². The van der Waals surface area contributed by atoms with Crippen LogP contribution in [0.25, 0.3) is 0 Å². The quantitative estimate of drug-likeness (QED) is 0.667. The van der Waals surface area contributed by atoms with Crippen molar-refractivity contribution in [2.24, 2.45) is 5.84 Å². The van der Waals surface area contributed by atoms with Gasteiger partial charge in [0, 0.05) is 10.0 Å². The van der Waals surface area contributed by atoms with Crippen LogP contribution in [0.3, 0.4) is 0 Å². The largest absolute Gasteiger partial charge is 0.271 e. The molecule has 0 amide bonds. The molecule has 5 heteroatoms. The van der Waals surface area contributed by atoms with Crippen molar-refractivity contribution in [3.63, 3.8) is 0 Å². The molecular formula is C14H13BrF2N2. The SMILES string of the molecule is NNC(Cc1ccc(Br)cc1)c1cccc(F)c1F. The van der Waals surface area contributed by atoms with E-state index < -0.39 is 17.7 Å². The second-order valence-corrected chi connectivity index (χ2v) is 5.11. The van der Waals surface area contributed by atoms with Crippen molar-refractivity contribution in [2.75, 3.05) is 0 Å². The molecule has 2 rings (SSSR count). The van der Waals surface area contributed by atoms with Crippen LogP contribution in [-0.2, 0) is 6.42 Å². The Balaban J connectivity index is 2.25. The molecule has 0 aliphatic heterocycles. The average Bonchev–Trinajstić information content (AvgIpc) is 2.42. The van der Waals surface area contributed by atoms with E-state index in [0.29, 0.717) is 6.42 Å². The van der Waals surface area contributed by atoms with Crippen LogP contribution in [0.4, 0.5) is 8.78 Å². The molecule has 2 aromatic rings. The number of benzene rings is 2. The Bertz CT molecular complexity index is 558. The predicted octanol–water partition coefficient (Wildman–Crippen LogP) is 3.47. The highest BCUT2D eigenvalue weighted by molar-refractivity contribution is 9.10. The molecule has 0 saturated carbocycles. The lowest BCUT2D eigenvalue weighted by Gasteiger charge is -2.17. The normalized spacial score (nSPS) is 12.4. The first-order chi connectivity index (χ1) is 9.11. The minimum absolute atomic E-state index is 0.227. The molecule has 0 heterocycles. The van der Waals surface area contributed by atoms with Gasteiger partial charge in [0.25, 0.3) is 0 Å². The fraction of sp³-hybridized carbons (Fsp3) is 0.143. The number of rotatable bonds is 4. The summed E-state index contributed by atoms with van der Waals surface area (Å²) in [4.78, 5) is 0. The van der Waals surface area contributed by atoms with E-state index in [2.05, 4.69) is 21.4 Å². The summed E-state index contributed by atoms with van der Waals surface area (Å²) in [5.74, 6) is 3.73. The van der Waals surface area contributed by atoms with Crippen LogP contribution < -0.4 is 11.3 Å². The number of hydrazine groups is 1. The van der Waals surface area contributed by atoms with Crippen molar-refractivity contribution in [3.8, 4) is 0 Å². The molecule has 1 unspecified atom stereocenters. The van der Waals surface area contributed by atoms with Gasteiger partial charge in [-0.25, -0.2) is 8.78 Å². The average molecular weight is 327 g/mol. The molecular weight excluding hydrogens is 314 g/mol. The Hall–Kier alpha value is -1.30. The van der Waals surface area contributed by atoms with Gasteiger partial charge in [-0.05, 0) is 30.2 Å². The molecule has 0 bridgehead atoms. The molecule has 0 aliphatic carbocycles. The molecule has 100 valence electrons. The maximum Gasteiger partial charge on any atom is 0.163 e. The van der Waals surface area contributed by atoms with E-state index in [9.17, 15) is 8.78 Å². The van der Waals surface area contributed by atoms with E-state index in [4.69, 9.17) is 5.84 Å². The van der Waals surface area contributed by atoms with Gasteiger partial charge in [-0.3, -0.25) is 11.3 Å². The van der Waals surface area contributed by atoms with E-state index in [1.807, 2.05) is 24.3 Å². The van der Waals surface area contributed by atoms with Crippen LogP contribution in [0, 0.1) is 11.6 Å².